The topological polar surface area (TPSA) is 98.3 Å². The summed E-state index contributed by atoms with van der Waals surface area (Å²) < 4.78 is 27.8. The van der Waals surface area contributed by atoms with Gasteiger partial charge in [-0.2, -0.15) is 0 Å². The maximum absolute atomic E-state index is 12.9. The number of nitrogens with one attached hydrogen (secondary N) is 1. The lowest BCUT2D eigenvalue weighted by atomic mass is 9.90. The molecule has 8 heteroatoms. The fourth-order valence-corrected chi connectivity index (χ4v) is 4.19. The van der Waals surface area contributed by atoms with E-state index in [1.165, 1.54) is 27.2 Å². The number of benzene rings is 1. The van der Waals surface area contributed by atoms with Gasteiger partial charge in [0.05, 0.1) is 27.4 Å². The summed E-state index contributed by atoms with van der Waals surface area (Å²) in [5.41, 5.74) is 3.13. The highest BCUT2D eigenvalue weighted by atomic mass is 16.7. The highest BCUT2D eigenvalue weighted by Gasteiger charge is 2.36. The maximum Gasteiger partial charge on any atom is 0.217 e. The van der Waals surface area contributed by atoms with Crippen LogP contribution in [0.5, 0.6) is 17.2 Å². The van der Waals surface area contributed by atoms with E-state index in [2.05, 4.69) is 5.32 Å². The SMILES string of the molecule is COc1cc2c(c(OC)c1OC)C1=CC=C([O-])C(OC)(OC)C=C1[C@@H](NC(C)=O)CC2. The van der Waals surface area contributed by atoms with E-state index >= 15 is 0 Å². The van der Waals surface area contributed by atoms with Gasteiger partial charge in [0.2, 0.25) is 17.4 Å². The van der Waals surface area contributed by atoms with Gasteiger partial charge in [-0.1, -0.05) is 17.9 Å². The van der Waals surface area contributed by atoms with Crippen LogP contribution in [-0.4, -0.2) is 53.3 Å². The average molecular weight is 430 g/mol. The molecule has 1 atom stereocenters. The lowest BCUT2D eigenvalue weighted by Crippen LogP contribution is -2.41. The Labute approximate surface area is 182 Å². The van der Waals surface area contributed by atoms with E-state index in [1.807, 2.05) is 6.07 Å². The van der Waals surface area contributed by atoms with E-state index in [9.17, 15) is 9.90 Å². The molecule has 2 aliphatic rings. The van der Waals surface area contributed by atoms with Gasteiger partial charge in [-0.3, -0.25) is 4.79 Å². The number of hydrogen-bond acceptors (Lipinski definition) is 7. The summed E-state index contributed by atoms with van der Waals surface area (Å²) in [6.45, 7) is 1.46. The van der Waals surface area contributed by atoms with Gasteiger partial charge >= 0.3 is 0 Å². The number of aryl methyl sites for hydroxylation is 1. The number of allylic oxidation sites excluding steroid dienone is 2. The van der Waals surface area contributed by atoms with E-state index in [0.717, 1.165) is 11.1 Å². The largest absolute Gasteiger partial charge is 0.872 e. The lowest BCUT2D eigenvalue weighted by Gasteiger charge is -2.35. The number of hydrogen-bond donors (Lipinski definition) is 1. The van der Waals surface area contributed by atoms with Crippen molar-refractivity contribution >= 4 is 11.5 Å². The van der Waals surface area contributed by atoms with Gasteiger partial charge in [0.1, 0.15) is 0 Å². The Hall–Kier alpha value is -2.97. The van der Waals surface area contributed by atoms with Crippen molar-refractivity contribution in [3.8, 4) is 17.2 Å². The van der Waals surface area contributed by atoms with Crippen LogP contribution in [0.2, 0.25) is 0 Å². The first-order valence-electron chi connectivity index (χ1n) is 9.87. The summed E-state index contributed by atoms with van der Waals surface area (Å²) in [5, 5.41) is 15.9. The van der Waals surface area contributed by atoms with Crippen molar-refractivity contribution in [1.29, 1.82) is 0 Å². The Kier molecular flexibility index (Phi) is 6.62. The third kappa shape index (κ3) is 3.88. The van der Waals surface area contributed by atoms with Crippen molar-refractivity contribution < 1.29 is 33.6 Å². The fourth-order valence-electron chi connectivity index (χ4n) is 4.19. The summed E-state index contributed by atoms with van der Waals surface area (Å²) in [4.78, 5) is 12.0. The molecule has 0 radical (unpaired) electrons. The fraction of sp³-hybridized carbons (Fsp3) is 0.435. The first-order valence-corrected chi connectivity index (χ1v) is 9.87. The molecule has 0 bridgehead atoms. The van der Waals surface area contributed by atoms with E-state index in [0.29, 0.717) is 41.2 Å². The molecule has 3 rings (SSSR count). The molecule has 1 amide bonds. The Morgan fingerprint density at radius 2 is 1.74 bits per heavy atom. The predicted molar refractivity (Wildman–Crippen MR) is 113 cm³/mol. The molecule has 2 aliphatic carbocycles. The number of rotatable bonds is 6. The second kappa shape index (κ2) is 9.03. The Bertz CT molecular complexity index is 957. The molecule has 1 aromatic carbocycles. The van der Waals surface area contributed by atoms with Crippen molar-refractivity contribution in [1.82, 2.24) is 5.32 Å². The standard InChI is InChI=1S/C23H29NO7/c1-13(25)24-17-9-7-14-11-18(27-2)21(28-3)22(29-4)20(14)15-8-10-19(26)23(30-5,31-6)12-16(15)17/h8,10-12,17,26H,7,9H2,1-6H3,(H,24,25)/p-1/t17-/m0/s1. The molecule has 0 fully saturated rings. The van der Waals surface area contributed by atoms with Crippen LogP contribution in [0.4, 0.5) is 0 Å². The van der Waals surface area contributed by atoms with Crippen LogP contribution in [0.25, 0.3) is 5.57 Å². The Morgan fingerprint density at radius 3 is 2.29 bits per heavy atom. The smallest absolute Gasteiger partial charge is 0.217 e. The van der Waals surface area contributed by atoms with Crippen LogP contribution in [0.1, 0.15) is 24.5 Å². The number of carbonyl (C=O) groups excluding carboxylic acids is 1. The lowest BCUT2D eigenvalue weighted by molar-refractivity contribution is -0.360. The van der Waals surface area contributed by atoms with E-state index in [1.54, 1.807) is 33.5 Å². The van der Waals surface area contributed by atoms with Crippen molar-refractivity contribution in [3.63, 3.8) is 0 Å². The van der Waals surface area contributed by atoms with E-state index < -0.39 is 5.79 Å². The maximum atomic E-state index is 12.9. The molecule has 0 saturated carbocycles. The first-order chi connectivity index (χ1) is 14.8. The van der Waals surface area contributed by atoms with Gasteiger partial charge in [0, 0.05) is 26.7 Å². The van der Waals surface area contributed by atoms with Crippen LogP contribution in [0, 0.1) is 0 Å². The van der Waals surface area contributed by atoms with Gasteiger partial charge in [-0.25, -0.2) is 0 Å². The quantitative estimate of drug-likeness (QED) is 0.686. The molecule has 0 aromatic heterocycles. The molecule has 0 aliphatic heterocycles. The molecular formula is C23H28NO7-. The molecule has 0 spiro atoms. The van der Waals surface area contributed by atoms with Crippen molar-refractivity contribution in [2.45, 2.75) is 31.6 Å². The number of methoxy groups -OCH3 is 5. The minimum absolute atomic E-state index is 0.182. The molecule has 1 N–H and O–H groups in total. The second-order valence-corrected chi connectivity index (χ2v) is 7.26. The molecule has 1 aromatic rings. The monoisotopic (exact) mass is 430 g/mol. The average Bonchev–Trinajstić information content (AvgIpc) is 3.00. The zero-order valence-corrected chi connectivity index (χ0v) is 18.7. The van der Waals surface area contributed by atoms with Crippen LogP contribution < -0.4 is 24.6 Å². The van der Waals surface area contributed by atoms with Gasteiger partial charge in [-0.05, 0) is 41.7 Å². The van der Waals surface area contributed by atoms with Crippen LogP contribution in [0.15, 0.2) is 35.6 Å². The minimum atomic E-state index is -1.60. The van der Waals surface area contributed by atoms with Crippen LogP contribution in [0.3, 0.4) is 0 Å². The molecule has 8 nitrogen and oxygen atoms in total. The van der Waals surface area contributed by atoms with Crippen molar-refractivity contribution in [2.24, 2.45) is 0 Å². The van der Waals surface area contributed by atoms with Gasteiger partial charge in [-0.15, -0.1) is 0 Å². The van der Waals surface area contributed by atoms with E-state index in [-0.39, 0.29) is 17.7 Å². The summed E-state index contributed by atoms with van der Waals surface area (Å²) in [5.74, 6) is -0.674. The third-order valence-corrected chi connectivity index (χ3v) is 5.64. The van der Waals surface area contributed by atoms with Crippen molar-refractivity contribution in [3.05, 3.63) is 46.8 Å². The predicted octanol–water partition coefficient (Wildman–Crippen LogP) is 1.72. The summed E-state index contributed by atoms with van der Waals surface area (Å²) in [7, 11) is 7.47. The zero-order valence-electron chi connectivity index (χ0n) is 18.7. The second-order valence-electron chi connectivity index (χ2n) is 7.26. The molecule has 0 heterocycles. The Balaban J connectivity index is 2.36. The van der Waals surface area contributed by atoms with Crippen LogP contribution in [-0.2, 0) is 20.7 Å². The summed E-state index contributed by atoms with van der Waals surface area (Å²) >= 11 is 0. The zero-order chi connectivity index (χ0) is 22.8. The number of carbonyl (C=O) groups is 1. The number of ether oxygens (including phenoxy) is 5. The molecule has 31 heavy (non-hydrogen) atoms. The Morgan fingerprint density at radius 1 is 1.06 bits per heavy atom. The molecule has 0 unspecified atom stereocenters. The van der Waals surface area contributed by atoms with E-state index in [4.69, 9.17) is 23.7 Å². The third-order valence-electron chi connectivity index (χ3n) is 5.64. The highest BCUT2D eigenvalue weighted by molar-refractivity contribution is 5.90. The molecular weight excluding hydrogens is 402 g/mol. The summed E-state index contributed by atoms with van der Waals surface area (Å²) in [6, 6.07) is 1.53. The summed E-state index contributed by atoms with van der Waals surface area (Å²) in [6.07, 6.45) is 5.98. The first kappa shape index (κ1) is 22.7. The van der Waals surface area contributed by atoms with Crippen molar-refractivity contribution in [2.75, 3.05) is 35.5 Å². The van der Waals surface area contributed by atoms with Gasteiger partial charge in [0.15, 0.2) is 11.5 Å². The number of fused-ring (bicyclic) bond motifs is 3. The molecule has 0 saturated heterocycles. The number of amides is 1. The molecule has 168 valence electrons. The van der Waals surface area contributed by atoms with Gasteiger partial charge < -0.3 is 34.1 Å². The minimum Gasteiger partial charge on any atom is -0.872 e. The van der Waals surface area contributed by atoms with Crippen LogP contribution >= 0.6 is 0 Å². The highest BCUT2D eigenvalue weighted by Crippen LogP contribution is 2.49. The normalized spacial score (nSPS) is 19.4. The van der Waals surface area contributed by atoms with Gasteiger partial charge in [0.25, 0.3) is 0 Å².